The molecule has 0 aromatic carbocycles. The highest BCUT2D eigenvalue weighted by Crippen LogP contribution is 2.15. The van der Waals surface area contributed by atoms with E-state index >= 15 is 0 Å². The first kappa shape index (κ1) is 11.5. The Morgan fingerprint density at radius 3 is 2.57 bits per heavy atom. The van der Waals surface area contributed by atoms with E-state index in [0.29, 0.717) is 6.04 Å². The van der Waals surface area contributed by atoms with Gasteiger partial charge in [0.1, 0.15) is 0 Å². The van der Waals surface area contributed by atoms with Gasteiger partial charge in [0.2, 0.25) is 5.91 Å². The van der Waals surface area contributed by atoms with E-state index in [1.165, 1.54) is 12.8 Å². The number of amides is 1. The third kappa shape index (κ3) is 2.98. The number of likely N-dealkylation sites (N-methyl/N-ethyl adjacent to an activating group) is 1. The number of nitrogens with one attached hydrogen (secondary N) is 1. The quantitative estimate of drug-likeness (QED) is 0.724. The van der Waals surface area contributed by atoms with E-state index < -0.39 is 0 Å². The normalized spacial score (nSPS) is 23.9. The highest BCUT2D eigenvalue weighted by atomic mass is 16.2. The van der Waals surface area contributed by atoms with Crippen molar-refractivity contribution in [3.8, 4) is 0 Å². The summed E-state index contributed by atoms with van der Waals surface area (Å²) in [7, 11) is 2.13. The number of hydrogen-bond donors (Lipinski definition) is 1. The molecule has 0 radical (unpaired) electrons. The molecule has 82 valence electrons. The molecule has 1 aliphatic heterocycles. The van der Waals surface area contributed by atoms with E-state index in [4.69, 9.17) is 0 Å². The van der Waals surface area contributed by atoms with Crippen molar-refractivity contribution in [2.75, 3.05) is 20.1 Å². The predicted octanol–water partition coefficient (Wildman–Crippen LogP) is 1.24. The Balaban J connectivity index is 2.30. The molecule has 0 unspecified atom stereocenters. The zero-order valence-corrected chi connectivity index (χ0v) is 9.76. The van der Waals surface area contributed by atoms with Crippen molar-refractivity contribution in [3.05, 3.63) is 0 Å². The van der Waals surface area contributed by atoms with Gasteiger partial charge in [-0.3, -0.25) is 4.79 Å². The van der Waals surface area contributed by atoms with E-state index in [1.54, 1.807) is 0 Å². The van der Waals surface area contributed by atoms with Gasteiger partial charge in [-0.2, -0.15) is 0 Å². The number of carbonyl (C=O) groups excluding carboxylic acids is 1. The topological polar surface area (TPSA) is 32.3 Å². The van der Waals surface area contributed by atoms with Crippen LogP contribution in [0.2, 0.25) is 0 Å². The fourth-order valence-corrected chi connectivity index (χ4v) is 1.71. The maximum Gasteiger partial charge on any atom is 0.225 e. The van der Waals surface area contributed by atoms with E-state index in [-0.39, 0.29) is 11.3 Å². The van der Waals surface area contributed by atoms with Gasteiger partial charge < -0.3 is 10.2 Å². The second-order valence-corrected chi connectivity index (χ2v) is 5.24. The van der Waals surface area contributed by atoms with Crippen LogP contribution in [-0.4, -0.2) is 37.0 Å². The molecule has 0 aromatic rings. The molecule has 1 atom stereocenters. The van der Waals surface area contributed by atoms with Crippen LogP contribution in [0.4, 0.5) is 0 Å². The Hall–Kier alpha value is -0.570. The summed E-state index contributed by atoms with van der Waals surface area (Å²) >= 11 is 0. The zero-order valence-electron chi connectivity index (χ0n) is 9.76. The Labute approximate surface area is 86.9 Å². The Morgan fingerprint density at radius 2 is 2.14 bits per heavy atom. The Kier molecular flexibility index (Phi) is 3.53. The lowest BCUT2D eigenvalue weighted by atomic mass is 9.95. The molecular formula is C11H22N2O. The van der Waals surface area contributed by atoms with Crippen LogP contribution < -0.4 is 5.32 Å². The fraction of sp³-hybridized carbons (Fsp3) is 0.909. The highest BCUT2D eigenvalue weighted by Gasteiger charge is 2.25. The number of hydrogen-bond acceptors (Lipinski definition) is 2. The average Bonchev–Trinajstić information content (AvgIpc) is 2.45. The second kappa shape index (κ2) is 4.30. The summed E-state index contributed by atoms with van der Waals surface area (Å²) < 4.78 is 0. The van der Waals surface area contributed by atoms with E-state index in [0.717, 1.165) is 13.1 Å². The molecule has 0 bridgehead atoms. The minimum atomic E-state index is -0.267. The molecule has 1 amide bonds. The van der Waals surface area contributed by atoms with Gasteiger partial charge in [0.25, 0.3) is 0 Å². The smallest absolute Gasteiger partial charge is 0.225 e. The third-order valence-electron chi connectivity index (χ3n) is 2.85. The van der Waals surface area contributed by atoms with Crippen LogP contribution in [0.15, 0.2) is 0 Å². The van der Waals surface area contributed by atoms with Crippen LogP contribution in [0, 0.1) is 5.41 Å². The van der Waals surface area contributed by atoms with Crippen molar-refractivity contribution in [1.29, 1.82) is 0 Å². The van der Waals surface area contributed by atoms with Crippen molar-refractivity contribution in [2.24, 2.45) is 5.41 Å². The molecule has 14 heavy (non-hydrogen) atoms. The molecular weight excluding hydrogens is 176 g/mol. The van der Waals surface area contributed by atoms with Gasteiger partial charge in [-0.05, 0) is 26.4 Å². The molecule has 0 aliphatic carbocycles. The molecule has 1 fully saturated rings. The maximum absolute atomic E-state index is 11.6. The third-order valence-corrected chi connectivity index (χ3v) is 2.85. The Morgan fingerprint density at radius 1 is 1.50 bits per heavy atom. The van der Waals surface area contributed by atoms with Crippen molar-refractivity contribution in [3.63, 3.8) is 0 Å². The Bertz CT molecular complexity index is 208. The first-order valence-electron chi connectivity index (χ1n) is 5.40. The number of likely N-dealkylation sites (tertiary alicyclic amines) is 1. The van der Waals surface area contributed by atoms with Gasteiger partial charge in [0, 0.05) is 18.0 Å². The van der Waals surface area contributed by atoms with Crippen LogP contribution in [-0.2, 0) is 4.79 Å². The lowest BCUT2D eigenvalue weighted by Crippen LogP contribution is -2.42. The van der Waals surface area contributed by atoms with E-state index in [1.807, 2.05) is 20.8 Å². The first-order valence-corrected chi connectivity index (χ1v) is 5.40. The van der Waals surface area contributed by atoms with Crippen molar-refractivity contribution >= 4 is 5.91 Å². The fourth-order valence-electron chi connectivity index (χ4n) is 1.71. The standard InChI is InChI=1S/C11H22N2O/c1-11(2,3)10(14)12-8-9-6-5-7-13(9)4/h9H,5-8H2,1-4H3,(H,12,14)/t9-/m0/s1. The summed E-state index contributed by atoms with van der Waals surface area (Å²) in [4.78, 5) is 13.9. The molecule has 1 N–H and O–H groups in total. The first-order chi connectivity index (χ1) is 6.41. The summed E-state index contributed by atoms with van der Waals surface area (Å²) in [5.41, 5.74) is -0.267. The average molecular weight is 198 g/mol. The van der Waals surface area contributed by atoms with Gasteiger partial charge in [-0.25, -0.2) is 0 Å². The molecule has 1 saturated heterocycles. The van der Waals surface area contributed by atoms with Gasteiger partial charge in [-0.15, -0.1) is 0 Å². The summed E-state index contributed by atoms with van der Waals surface area (Å²) in [6.07, 6.45) is 2.47. The van der Waals surface area contributed by atoms with Crippen LogP contribution >= 0.6 is 0 Å². The van der Waals surface area contributed by atoms with Gasteiger partial charge in [-0.1, -0.05) is 20.8 Å². The van der Waals surface area contributed by atoms with Crippen LogP contribution in [0.25, 0.3) is 0 Å². The number of carbonyl (C=O) groups is 1. The monoisotopic (exact) mass is 198 g/mol. The van der Waals surface area contributed by atoms with Crippen LogP contribution in [0.1, 0.15) is 33.6 Å². The predicted molar refractivity (Wildman–Crippen MR) is 58.1 cm³/mol. The second-order valence-electron chi connectivity index (χ2n) is 5.24. The van der Waals surface area contributed by atoms with Gasteiger partial charge in [0.05, 0.1) is 0 Å². The summed E-state index contributed by atoms with van der Waals surface area (Å²) in [6, 6.07) is 0.543. The maximum atomic E-state index is 11.6. The van der Waals surface area contributed by atoms with Gasteiger partial charge >= 0.3 is 0 Å². The summed E-state index contributed by atoms with van der Waals surface area (Å²) in [6.45, 7) is 7.80. The summed E-state index contributed by atoms with van der Waals surface area (Å²) in [5.74, 6) is 0.151. The summed E-state index contributed by atoms with van der Waals surface area (Å²) in [5, 5.41) is 3.01. The molecule has 1 aliphatic rings. The molecule has 0 aromatic heterocycles. The lowest BCUT2D eigenvalue weighted by Gasteiger charge is -2.23. The number of rotatable bonds is 2. The van der Waals surface area contributed by atoms with E-state index in [9.17, 15) is 4.79 Å². The minimum absolute atomic E-state index is 0.151. The molecule has 0 spiro atoms. The van der Waals surface area contributed by atoms with Crippen LogP contribution in [0.3, 0.4) is 0 Å². The molecule has 1 rings (SSSR count). The lowest BCUT2D eigenvalue weighted by molar-refractivity contribution is -0.128. The molecule has 0 saturated carbocycles. The van der Waals surface area contributed by atoms with Crippen molar-refractivity contribution < 1.29 is 4.79 Å². The van der Waals surface area contributed by atoms with Gasteiger partial charge in [0.15, 0.2) is 0 Å². The number of nitrogens with zero attached hydrogens (tertiary/aromatic N) is 1. The molecule has 1 heterocycles. The SMILES string of the molecule is CN1CCC[C@H]1CNC(=O)C(C)(C)C. The van der Waals surface area contributed by atoms with E-state index in [2.05, 4.69) is 17.3 Å². The van der Waals surface area contributed by atoms with Crippen molar-refractivity contribution in [1.82, 2.24) is 10.2 Å². The zero-order chi connectivity index (χ0) is 10.8. The van der Waals surface area contributed by atoms with Crippen molar-refractivity contribution in [2.45, 2.75) is 39.7 Å². The van der Waals surface area contributed by atoms with Crippen LogP contribution in [0.5, 0.6) is 0 Å². The molecule has 3 nitrogen and oxygen atoms in total. The molecule has 3 heteroatoms. The largest absolute Gasteiger partial charge is 0.354 e. The highest BCUT2D eigenvalue weighted by molar-refractivity contribution is 5.81. The minimum Gasteiger partial charge on any atom is -0.354 e.